The van der Waals surface area contributed by atoms with Crippen LogP contribution >= 0.6 is 0 Å². The fourth-order valence-corrected chi connectivity index (χ4v) is 0.219. The Labute approximate surface area is 52.7 Å². The van der Waals surface area contributed by atoms with Crippen molar-refractivity contribution >= 4 is 5.97 Å². The van der Waals surface area contributed by atoms with Gasteiger partial charge in [0.1, 0.15) is 6.08 Å². The maximum atomic E-state index is 10.2. The highest BCUT2D eigenvalue weighted by Crippen LogP contribution is 1.87. The molecule has 0 aromatic heterocycles. The Balaban J connectivity index is 3.79. The molecule has 1 N–H and O–H groups in total. The predicted octanol–water partition coefficient (Wildman–Crippen LogP) is 0.205. The van der Waals surface area contributed by atoms with Crippen LogP contribution in [0, 0.1) is 0 Å². The summed E-state index contributed by atoms with van der Waals surface area (Å²) in [5, 5.41) is 8.50. The third-order valence-electron chi connectivity index (χ3n) is 0.652. The third kappa shape index (κ3) is 3.40. The highest BCUT2D eigenvalue weighted by atomic mass is 16.6. The summed E-state index contributed by atoms with van der Waals surface area (Å²) in [6.07, 6.45) is 0.833. The minimum atomic E-state index is -0.644. The van der Waals surface area contributed by atoms with Gasteiger partial charge in [-0.25, -0.2) is 4.79 Å². The molecule has 0 heterocycles. The van der Waals surface area contributed by atoms with Crippen LogP contribution in [0.1, 0.15) is 0 Å². The van der Waals surface area contributed by atoms with Crippen molar-refractivity contribution in [3.05, 3.63) is 12.0 Å². The van der Waals surface area contributed by atoms with Gasteiger partial charge in [0.15, 0.2) is 0 Å². The molecule has 0 aromatic carbocycles. The molecule has 4 heteroatoms. The first-order chi connectivity index (χ1) is 4.20. The summed E-state index contributed by atoms with van der Waals surface area (Å²) in [6.45, 7) is 0. The molecule has 0 radical (unpaired) electrons. The summed E-state index contributed by atoms with van der Waals surface area (Å²) in [5.74, 6) is -1.10. The zero-order chi connectivity index (χ0) is 7.28. The van der Waals surface area contributed by atoms with E-state index < -0.39 is 11.9 Å². The number of esters is 1. The summed E-state index contributed by atoms with van der Waals surface area (Å²) >= 11 is 0. The van der Waals surface area contributed by atoms with Gasteiger partial charge >= 0.3 is 5.97 Å². The normalized spacial score (nSPS) is 10.7. The van der Waals surface area contributed by atoms with Gasteiger partial charge in [0.25, 0.3) is 5.95 Å². The number of hydrogen-bond donors (Lipinski definition) is 1. The van der Waals surface area contributed by atoms with E-state index >= 15 is 0 Å². The van der Waals surface area contributed by atoms with Crippen LogP contribution in [0.3, 0.4) is 0 Å². The second kappa shape index (κ2) is 3.77. The molecule has 0 aliphatic heterocycles. The molecule has 52 valence electrons. The zero-order valence-electron chi connectivity index (χ0n) is 5.25. The van der Waals surface area contributed by atoms with E-state index in [4.69, 9.17) is 5.11 Å². The molecule has 0 spiro atoms. The Morgan fingerprint density at radius 3 is 2.33 bits per heavy atom. The number of methoxy groups -OCH3 is 2. The first-order valence-corrected chi connectivity index (χ1v) is 2.23. The van der Waals surface area contributed by atoms with Crippen LogP contribution in [-0.2, 0) is 14.3 Å². The van der Waals surface area contributed by atoms with Gasteiger partial charge < -0.3 is 14.6 Å². The molecular weight excluding hydrogens is 124 g/mol. The largest absolute Gasteiger partial charge is 0.481 e. The van der Waals surface area contributed by atoms with Crippen LogP contribution in [0.2, 0.25) is 0 Å². The van der Waals surface area contributed by atoms with Gasteiger partial charge in [0.2, 0.25) is 0 Å². The van der Waals surface area contributed by atoms with Gasteiger partial charge in [-0.1, -0.05) is 0 Å². The first-order valence-electron chi connectivity index (χ1n) is 2.23. The smallest absolute Gasteiger partial charge is 0.337 e. The van der Waals surface area contributed by atoms with E-state index in [9.17, 15) is 4.79 Å². The summed E-state index contributed by atoms with van der Waals surface area (Å²) in [4.78, 5) is 10.2. The van der Waals surface area contributed by atoms with Crippen molar-refractivity contribution in [2.24, 2.45) is 0 Å². The zero-order valence-corrected chi connectivity index (χ0v) is 5.25. The van der Waals surface area contributed by atoms with Crippen molar-refractivity contribution in [2.75, 3.05) is 14.2 Å². The SMILES string of the molecule is COC(=O)C=C(O)OC. The van der Waals surface area contributed by atoms with E-state index in [0.29, 0.717) is 0 Å². The Morgan fingerprint density at radius 2 is 2.00 bits per heavy atom. The van der Waals surface area contributed by atoms with Crippen molar-refractivity contribution in [2.45, 2.75) is 0 Å². The van der Waals surface area contributed by atoms with E-state index in [-0.39, 0.29) is 0 Å². The van der Waals surface area contributed by atoms with E-state index in [1.165, 1.54) is 14.2 Å². The molecule has 0 saturated carbocycles. The van der Waals surface area contributed by atoms with Gasteiger partial charge in [-0.3, -0.25) is 0 Å². The molecule has 0 fully saturated rings. The fraction of sp³-hybridized carbons (Fsp3) is 0.400. The Hall–Kier alpha value is -1.19. The maximum Gasteiger partial charge on any atom is 0.337 e. The van der Waals surface area contributed by atoms with Crippen molar-refractivity contribution in [3.8, 4) is 0 Å². The summed E-state index contributed by atoms with van der Waals surface area (Å²) in [7, 11) is 2.45. The van der Waals surface area contributed by atoms with Crippen molar-refractivity contribution in [1.29, 1.82) is 0 Å². The second-order valence-electron chi connectivity index (χ2n) is 1.21. The lowest BCUT2D eigenvalue weighted by molar-refractivity contribution is -0.135. The number of aliphatic hydroxyl groups excluding tert-OH is 1. The van der Waals surface area contributed by atoms with E-state index in [1.807, 2.05) is 0 Å². The molecule has 0 unspecified atom stereocenters. The Kier molecular flexibility index (Phi) is 3.27. The molecule has 0 aromatic rings. The van der Waals surface area contributed by atoms with Crippen LogP contribution in [-0.4, -0.2) is 25.3 Å². The lowest BCUT2D eigenvalue weighted by atomic mass is 10.6. The average Bonchev–Trinajstić information content (AvgIpc) is 1.87. The minimum Gasteiger partial charge on any atom is -0.481 e. The summed E-state index contributed by atoms with van der Waals surface area (Å²) in [5.41, 5.74) is 0. The molecule has 9 heavy (non-hydrogen) atoms. The van der Waals surface area contributed by atoms with Crippen LogP contribution in [0.25, 0.3) is 0 Å². The number of aliphatic hydroxyl groups is 1. The number of carbonyl (C=O) groups excluding carboxylic acids is 1. The first kappa shape index (κ1) is 7.81. The minimum absolute atomic E-state index is 0.457. The third-order valence-corrected chi connectivity index (χ3v) is 0.652. The number of rotatable bonds is 2. The topological polar surface area (TPSA) is 55.8 Å². The highest BCUT2D eigenvalue weighted by Gasteiger charge is 1.96. The highest BCUT2D eigenvalue weighted by molar-refractivity contribution is 5.81. The van der Waals surface area contributed by atoms with Crippen LogP contribution < -0.4 is 0 Å². The van der Waals surface area contributed by atoms with Crippen molar-refractivity contribution in [1.82, 2.24) is 0 Å². The van der Waals surface area contributed by atoms with E-state index in [0.717, 1.165) is 6.08 Å². The van der Waals surface area contributed by atoms with Crippen LogP contribution in [0.5, 0.6) is 0 Å². The Bertz CT molecular complexity index is 127. The summed E-state index contributed by atoms with van der Waals surface area (Å²) < 4.78 is 8.41. The van der Waals surface area contributed by atoms with Crippen molar-refractivity contribution in [3.63, 3.8) is 0 Å². The van der Waals surface area contributed by atoms with Gasteiger partial charge in [0, 0.05) is 0 Å². The quantitative estimate of drug-likeness (QED) is 0.331. The lowest BCUT2D eigenvalue weighted by Crippen LogP contribution is -1.97. The van der Waals surface area contributed by atoms with Gasteiger partial charge in [-0.15, -0.1) is 0 Å². The fourth-order valence-electron chi connectivity index (χ4n) is 0.219. The van der Waals surface area contributed by atoms with Gasteiger partial charge in [-0.2, -0.15) is 0 Å². The molecule has 0 atom stereocenters. The van der Waals surface area contributed by atoms with Crippen molar-refractivity contribution < 1.29 is 19.4 Å². The number of hydrogen-bond acceptors (Lipinski definition) is 4. The maximum absolute atomic E-state index is 10.2. The second-order valence-corrected chi connectivity index (χ2v) is 1.21. The predicted molar refractivity (Wildman–Crippen MR) is 29.7 cm³/mol. The monoisotopic (exact) mass is 132 g/mol. The average molecular weight is 132 g/mol. The molecular formula is C5H8O4. The standard InChI is InChI=1S/C5H8O4/c1-8-4(6)3-5(7)9-2/h3,6H,1-2H3. The molecule has 0 saturated heterocycles. The van der Waals surface area contributed by atoms with Crippen LogP contribution in [0.15, 0.2) is 12.0 Å². The Morgan fingerprint density at radius 1 is 1.44 bits per heavy atom. The van der Waals surface area contributed by atoms with Gasteiger partial charge in [0.05, 0.1) is 14.2 Å². The molecule has 0 aliphatic carbocycles. The molecule has 4 nitrogen and oxygen atoms in total. The lowest BCUT2D eigenvalue weighted by Gasteiger charge is -1.94. The molecule has 0 rings (SSSR count). The van der Waals surface area contributed by atoms with E-state index in [1.54, 1.807) is 0 Å². The summed E-state index contributed by atoms with van der Waals surface area (Å²) in [6, 6.07) is 0. The molecule has 0 aliphatic rings. The van der Waals surface area contributed by atoms with Crippen LogP contribution in [0.4, 0.5) is 0 Å². The van der Waals surface area contributed by atoms with E-state index in [2.05, 4.69) is 9.47 Å². The van der Waals surface area contributed by atoms with Gasteiger partial charge in [-0.05, 0) is 0 Å². The molecule has 0 bridgehead atoms. The molecule has 0 amide bonds. The number of carbonyl (C=O) groups is 1. The number of ether oxygens (including phenoxy) is 2.